The van der Waals surface area contributed by atoms with Gasteiger partial charge in [-0.25, -0.2) is 0 Å². The van der Waals surface area contributed by atoms with Crippen LogP contribution in [0.15, 0.2) is 0 Å². The fourth-order valence-corrected chi connectivity index (χ4v) is 1.07. The maximum atomic E-state index is 4.97. The van der Waals surface area contributed by atoms with Crippen LogP contribution in [0.25, 0.3) is 5.32 Å². The van der Waals surface area contributed by atoms with E-state index >= 15 is 0 Å². The van der Waals surface area contributed by atoms with Gasteiger partial charge >= 0.3 is 42.6 Å². The summed E-state index contributed by atoms with van der Waals surface area (Å²) in [6, 6.07) is 0.645. The van der Waals surface area contributed by atoms with Crippen molar-refractivity contribution in [2.24, 2.45) is 5.92 Å². The molecular formula is C7H14Cl3NTi. The normalized spacial score (nSPS) is 28.8. The molecule has 2 unspecified atom stereocenters. The summed E-state index contributed by atoms with van der Waals surface area (Å²) in [5.41, 5.74) is 0. The molecule has 12 heavy (non-hydrogen) atoms. The summed E-state index contributed by atoms with van der Waals surface area (Å²) < 4.78 is 0. The van der Waals surface area contributed by atoms with E-state index in [4.69, 9.17) is 27.9 Å². The third-order valence-electron chi connectivity index (χ3n) is 1.81. The Morgan fingerprint density at radius 2 is 1.67 bits per heavy atom. The average Bonchev–Trinajstić information content (AvgIpc) is 1.94. The number of rotatable bonds is 0. The van der Waals surface area contributed by atoms with Crippen molar-refractivity contribution in [1.82, 2.24) is 0 Å². The summed E-state index contributed by atoms with van der Waals surface area (Å²) in [4.78, 5) is 0. The van der Waals surface area contributed by atoms with Crippen LogP contribution >= 0.6 is 27.9 Å². The molecule has 1 saturated heterocycles. The number of piperidine rings is 1. The molecule has 0 aliphatic carbocycles. The van der Waals surface area contributed by atoms with E-state index in [1.54, 1.807) is 0 Å². The van der Waals surface area contributed by atoms with Crippen molar-refractivity contribution in [3.63, 3.8) is 0 Å². The SMILES string of the molecule is CC1CCC(C)[N-]C1.[Cl][Ti+]([Cl])[Cl]. The van der Waals surface area contributed by atoms with Crippen molar-refractivity contribution in [2.45, 2.75) is 32.7 Å². The number of nitrogens with zero attached hydrogens (tertiary/aromatic N) is 1. The molecule has 0 spiro atoms. The number of hydrogen-bond donors (Lipinski definition) is 0. The monoisotopic (exact) mass is 265 g/mol. The van der Waals surface area contributed by atoms with E-state index in [0.29, 0.717) is 6.04 Å². The van der Waals surface area contributed by atoms with Gasteiger partial charge in [0.25, 0.3) is 0 Å². The molecule has 1 nitrogen and oxygen atoms in total. The van der Waals surface area contributed by atoms with Crippen molar-refractivity contribution >= 4 is 27.9 Å². The first kappa shape index (κ1) is 13.5. The molecule has 1 fully saturated rings. The Hall–Kier alpha value is 1.54. The molecule has 0 aromatic rings. The Morgan fingerprint density at radius 1 is 1.17 bits per heavy atom. The molecule has 0 saturated carbocycles. The van der Waals surface area contributed by atoms with Gasteiger partial charge in [0.2, 0.25) is 0 Å². The third-order valence-corrected chi connectivity index (χ3v) is 1.81. The fraction of sp³-hybridized carbons (Fsp3) is 1.00. The molecule has 0 bridgehead atoms. The maximum absolute atomic E-state index is 4.97. The van der Waals surface area contributed by atoms with Crippen LogP contribution in [0.3, 0.4) is 0 Å². The van der Waals surface area contributed by atoms with Crippen molar-refractivity contribution in [3.8, 4) is 0 Å². The number of hydrogen-bond acceptors (Lipinski definition) is 0. The van der Waals surface area contributed by atoms with E-state index in [1.165, 1.54) is 12.8 Å². The Balaban J connectivity index is 0.000000261. The minimum absolute atomic E-state index is 0.645. The number of halogens is 3. The Labute approximate surface area is 92.6 Å². The minimum atomic E-state index is -1.92. The van der Waals surface area contributed by atoms with E-state index in [0.717, 1.165) is 12.5 Å². The van der Waals surface area contributed by atoms with E-state index in [2.05, 4.69) is 19.2 Å². The first-order chi connectivity index (χ1) is 5.52. The molecule has 0 aromatic heterocycles. The second-order valence-electron chi connectivity index (χ2n) is 3.11. The van der Waals surface area contributed by atoms with Gasteiger partial charge in [0.05, 0.1) is 0 Å². The van der Waals surface area contributed by atoms with E-state index < -0.39 is 14.7 Å². The molecule has 5 heteroatoms. The van der Waals surface area contributed by atoms with Crippen LogP contribution in [0.5, 0.6) is 0 Å². The molecule has 0 radical (unpaired) electrons. The van der Waals surface area contributed by atoms with Crippen molar-refractivity contribution in [3.05, 3.63) is 5.32 Å². The molecule has 72 valence electrons. The second-order valence-corrected chi connectivity index (χ2v) is 10.8. The van der Waals surface area contributed by atoms with Gasteiger partial charge in [-0.15, -0.1) is 12.6 Å². The molecule has 0 amide bonds. The van der Waals surface area contributed by atoms with Crippen LogP contribution in [-0.4, -0.2) is 12.6 Å². The van der Waals surface area contributed by atoms with Crippen LogP contribution in [0.2, 0.25) is 0 Å². The topological polar surface area (TPSA) is 14.1 Å². The molecule has 1 aliphatic rings. The standard InChI is InChI=1S/C7H14N.3ClH.Ti/c1-6-3-4-7(2)8-5-6;;;;/h6-7H,3-5H2,1-2H3;3*1H;/q-1;;;;+4/p-3. The zero-order valence-electron chi connectivity index (χ0n) is 7.36. The van der Waals surface area contributed by atoms with Gasteiger partial charge in [0.1, 0.15) is 0 Å². The van der Waals surface area contributed by atoms with Gasteiger partial charge < -0.3 is 5.32 Å². The van der Waals surface area contributed by atoms with Crippen LogP contribution in [0.4, 0.5) is 0 Å². The van der Waals surface area contributed by atoms with Crippen LogP contribution < -0.4 is 0 Å². The summed E-state index contributed by atoms with van der Waals surface area (Å²) in [6.45, 7) is 5.57. The van der Waals surface area contributed by atoms with Crippen molar-refractivity contribution in [2.75, 3.05) is 6.54 Å². The van der Waals surface area contributed by atoms with Gasteiger partial charge in [-0.3, -0.25) is 0 Å². The summed E-state index contributed by atoms with van der Waals surface area (Å²) in [5.74, 6) is 0.853. The van der Waals surface area contributed by atoms with Crippen molar-refractivity contribution < 1.29 is 14.7 Å². The van der Waals surface area contributed by atoms with Gasteiger partial charge in [-0.2, -0.15) is 0 Å². The zero-order chi connectivity index (χ0) is 9.56. The molecular weight excluding hydrogens is 252 g/mol. The quantitative estimate of drug-likeness (QED) is 0.582. The van der Waals surface area contributed by atoms with E-state index in [1.807, 2.05) is 0 Å². The van der Waals surface area contributed by atoms with Gasteiger partial charge in [0.15, 0.2) is 0 Å². The van der Waals surface area contributed by atoms with Crippen molar-refractivity contribution in [1.29, 1.82) is 0 Å². The first-order valence-corrected chi connectivity index (χ1v) is 10.5. The molecule has 0 N–H and O–H groups in total. The third kappa shape index (κ3) is 9.63. The fourth-order valence-electron chi connectivity index (χ4n) is 1.07. The summed E-state index contributed by atoms with van der Waals surface area (Å²) in [7, 11) is 14.9. The molecule has 1 aliphatic heterocycles. The Morgan fingerprint density at radius 3 is 1.92 bits per heavy atom. The average molecular weight is 266 g/mol. The van der Waals surface area contributed by atoms with Crippen LogP contribution in [0, 0.1) is 5.92 Å². The molecule has 1 heterocycles. The van der Waals surface area contributed by atoms with E-state index in [-0.39, 0.29) is 0 Å². The van der Waals surface area contributed by atoms with Gasteiger partial charge in [0, 0.05) is 0 Å². The predicted octanol–water partition coefficient (Wildman–Crippen LogP) is 4.24. The summed E-state index contributed by atoms with van der Waals surface area (Å²) >= 11 is -1.92. The first-order valence-electron chi connectivity index (χ1n) is 4.02. The van der Waals surface area contributed by atoms with E-state index in [9.17, 15) is 0 Å². The Bertz CT molecular complexity index is 92.1. The predicted molar refractivity (Wildman–Crippen MR) is 53.6 cm³/mol. The van der Waals surface area contributed by atoms with Crippen LogP contribution in [-0.2, 0) is 14.7 Å². The van der Waals surface area contributed by atoms with Gasteiger partial charge in [-0.1, -0.05) is 32.6 Å². The molecule has 2 atom stereocenters. The van der Waals surface area contributed by atoms with Gasteiger partial charge in [-0.05, 0) is 0 Å². The summed E-state index contributed by atoms with van der Waals surface area (Å²) in [6.07, 6.45) is 2.69. The Kier molecular flexibility index (Phi) is 8.92. The zero-order valence-corrected chi connectivity index (χ0v) is 11.2. The molecule has 0 aromatic carbocycles. The molecule has 1 rings (SSSR count). The van der Waals surface area contributed by atoms with Crippen LogP contribution in [0.1, 0.15) is 26.7 Å². The summed E-state index contributed by atoms with van der Waals surface area (Å²) in [5, 5.41) is 4.41. The second kappa shape index (κ2) is 7.90.